The number of nitrogens with zero attached hydrogens (tertiary/aromatic N) is 1. The molecule has 1 aromatic rings. The van der Waals surface area contributed by atoms with Gasteiger partial charge in [0.05, 0.1) is 17.6 Å². The SMILES string of the molecule is COCCNC(=O)C(C)NCc1cc(F)ccc1[N+](=O)[O-]. The van der Waals surface area contributed by atoms with E-state index in [0.29, 0.717) is 13.2 Å². The van der Waals surface area contributed by atoms with E-state index in [9.17, 15) is 19.3 Å². The first-order valence-electron chi connectivity index (χ1n) is 6.38. The predicted octanol–water partition coefficient (Wildman–Crippen LogP) is 0.975. The van der Waals surface area contributed by atoms with Gasteiger partial charge in [0.2, 0.25) is 5.91 Å². The lowest BCUT2D eigenvalue weighted by molar-refractivity contribution is -0.385. The van der Waals surface area contributed by atoms with E-state index in [2.05, 4.69) is 10.6 Å². The second kappa shape index (κ2) is 8.28. The Bertz CT molecular complexity index is 510. The molecule has 21 heavy (non-hydrogen) atoms. The van der Waals surface area contributed by atoms with Crippen LogP contribution in [0.2, 0.25) is 0 Å². The lowest BCUT2D eigenvalue weighted by atomic mass is 10.1. The Morgan fingerprint density at radius 1 is 1.52 bits per heavy atom. The summed E-state index contributed by atoms with van der Waals surface area (Å²) in [6, 6.07) is 2.66. The third-order valence-electron chi connectivity index (χ3n) is 2.84. The number of halogens is 1. The summed E-state index contributed by atoms with van der Waals surface area (Å²) in [5.41, 5.74) is 0.00688. The number of carbonyl (C=O) groups excluding carboxylic acids is 1. The Kier molecular flexibility index (Phi) is 6.70. The predicted molar refractivity (Wildman–Crippen MR) is 74.2 cm³/mol. The molecule has 116 valence electrons. The third-order valence-corrected chi connectivity index (χ3v) is 2.84. The second-order valence-electron chi connectivity index (χ2n) is 4.42. The lowest BCUT2D eigenvalue weighted by Gasteiger charge is -2.14. The van der Waals surface area contributed by atoms with E-state index in [1.165, 1.54) is 7.11 Å². The summed E-state index contributed by atoms with van der Waals surface area (Å²) in [6.07, 6.45) is 0. The molecule has 1 aromatic carbocycles. The first-order valence-corrected chi connectivity index (χ1v) is 6.38. The van der Waals surface area contributed by atoms with Crippen molar-refractivity contribution >= 4 is 11.6 Å². The van der Waals surface area contributed by atoms with Gasteiger partial charge in [-0.1, -0.05) is 0 Å². The third kappa shape index (κ3) is 5.44. The normalized spacial score (nSPS) is 12.0. The van der Waals surface area contributed by atoms with Crippen LogP contribution in [0.1, 0.15) is 12.5 Å². The molecule has 0 saturated carbocycles. The average Bonchev–Trinajstić information content (AvgIpc) is 2.44. The van der Waals surface area contributed by atoms with E-state index < -0.39 is 16.8 Å². The molecule has 0 aliphatic heterocycles. The van der Waals surface area contributed by atoms with Crippen LogP contribution in [0.3, 0.4) is 0 Å². The van der Waals surface area contributed by atoms with Crippen molar-refractivity contribution in [3.8, 4) is 0 Å². The van der Waals surface area contributed by atoms with Gasteiger partial charge in [-0.3, -0.25) is 14.9 Å². The molecule has 0 heterocycles. The molecular formula is C13H18FN3O4. The summed E-state index contributed by atoms with van der Waals surface area (Å²) in [6.45, 7) is 2.41. The quantitative estimate of drug-likeness (QED) is 0.424. The zero-order valence-electron chi connectivity index (χ0n) is 11.9. The van der Waals surface area contributed by atoms with Crippen LogP contribution >= 0.6 is 0 Å². The molecule has 1 amide bonds. The zero-order valence-corrected chi connectivity index (χ0v) is 11.9. The minimum atomic E-state index is -0.584. The second-order valence-corrected chi connectivity index (χ2v) is 4.42. The highest BCUT2D eigenvalue weighted by atomic mass is 19.1. The number of carbonyl (C=O) groups is 1. The summed E-state index contributed by atoms with van der Waals surface area (Å²) in [5.74, 6) is -0.819. The maximum atomic E-state index is 13.2. The maximum absolute atomic E-state index is 13.2. The Morgan fingerprint density at radius 3 is 2.86 bits per heavy atom. The molecule has 0 aliphatic rings. The lowest BCUT2D eigenvalue weighted by Crippen LogP contribution is -2.42. The van der Waals surface area contributed by atoms with Crippen LogP contribution < -0.4 is 10.6 Å². The van der Waals surface area contributed by atoms with Crippen LogP contribution in [0, 0.1) is 15.9 Å². The Labute approximate surface area is 121 Å². The minimum absolute atomic E-state index is 0.0208. The van der Waals surface area contributed by atoms with Gasteiger partial charge >= 0.3 is 0 Å². The number of amides is 1. The van der Waals surface area contributed by atoms with Crippen molar-refractivity contribution < 1.29 is 18.8 Å². The zero-order chi connectivity index (χ0) is 15.8. The fraction of sp³-hybridized carbons (Fsp3) is 0.462. The van der Waals surface area contributed by atoms with Gasteiger partial charge in [0.1, 0.15) is 5.82 Å². The number of benzene rings is 1. The first-order chi connectivity index (χ1) is 9.95. The number of nitro benzene ring substituents is 1. The minimum Gasteiger partial charge on any atom is -0.383 e. The van der Waals surface area contributed by atoms with Crippen molar-refractivity contribution in [2.75, 3.05) is 20.3 Å². The van der Waals surface area contributed by atoms with Crippen LogP contribution in [-0.2, 0) is 16.1 Å². The number of hydrogen-bond donors (Lipinski definition) is 2. The van der Waals surface area contributed by atoms with Gasteiger partial charge < -0.3 is 15.4 Å². The largest absolute Gasteiger partial charge is 0.383 e. The Balaban J connectivity index is 2.60. The smallest absolute Gasteiger partial charge is 0.274 e. The van der Waals surface area contributed by atoms with E-state index >= 15 is 0 Å². The molecule has 1 atom stereocenters. The summed E-state index contributed by atoms with van der Waals surface area (Å²) in [7, 11) is 1.52. The number of methoxy groups -OCH3 is 1. The molecule has 7 nitrogen and oxygen atoms in total. The van der Waals surface area contributed by atoms with Gasteiger partial charge in [-0.25, -0.2) is 4.39 Å². The van der Waals surface area contributed by atoms with Crippen molar-refractivity contribution in [2.45, 2.75) is 19.5 Å². The van der Waals surface area contributed by atoms with Crippen LogP contribution in [0.15, 0.2) is 18.2 Å². The summed E-state index contributed by atoms with van der Waals surface area (Å²) >= 11 is 0. The monoisotopic (exact) mass is 299 g/mol. The highest BCUT2D eigenvalue weighted by Crippen LogP contribution is 2.19. The maximum Gasteiger partial charge on any atom is 0.274 e. The van der Waals surface area contributed by atoms with Gasteiger partial charge in [0, 0.05) is 31.8 Å². The van der Waals surface area contributed by atoms with Crippen LogP contribution in [0.5, 0.6) is 0 Å². The number of hydrogen-bond acceptors (Lipinski definition) is 5. The summed E-state index contributed by atoms with van der Waals surface area (Å²) in [4.78, 5) is 22.0. The molecular weight excluding hydrogens is 281 g/mol. The Morgan fingerprint density at radius 2 is 2.24 bits per heavy atom. The van der Waals surface area contributed by atoms with Crippen molar-refractivity contribution in [1.82, 2.24) is 10.6 Å². The van der Waals surface area contributed by atoms with Crippen molar-refractivity contribution in [1.29, 1.82) is 0 Å². The molecule has 0 spiro atoms. The highest BCUT2D eigenvalue weighted by molar-refractivity contribution is 5.81. The summed E-state index contributed by atoms with van der Waals surface area (Å²) < 4.78 is 18.0. The Hall–Kier alpha value is -2.06. The molecule has 0 aromatic heterocycles. The number of ether oxygens (including phenoxy) is 1. The van der Waals surface area contributed by atoms with Gasteiger partial charge in [0.25, 0.3) is 5.69 Å². The molecule has 1 unspecified atom stereocenters. The highest BCUT2D eigenvalue weighted by Gasteiger charge is 2.17. The van der Waals surface area contributed by atoms with Crippen LogP contribution in [-0.4, -0.2) is 37.1 Å². The molecule has 0 radical (unpaired) electrons. The fourth-order valence-electron chi connectivity index (χ4n) is 1.66. The molecule has 0 aliphatic carbocycles. The van der Waals surface area contributed by atoms with Crippen LogP contribution in [0.4, 0.5) is 10.1 Å². The van der Waals surface area contributed by atoms with E-state index in [4.69, 9.17) is 4.74 Å². The molecule has 0 saturated heterocycles. The van der Waals surface area contributed by atoms with E-state index in [0.717, 1.165) is 18.2 Å². The first kappa shape index (κ1) is 17.0. The van der Waals surface area contributed by atoms with Gasteiger partial charge in [-0.15, -0.1) is 0 Å². The van der Waals surface area contributed by atoms with Crippen LogP contribution in [0.25, 0.3) is 0 Å². The topological polar surface area (TPSA) is 93.5 Å². The van der Waals surface area contributed by atoms with E-state index in [1.807, 2.05) is 0 Å². The number of rotatable bonds is 8. The molecule has 0 bridgehead atoms. The molecule has 0 fully saturated rings. The van der Waals surface area contributed by atoms with Gasteiger partial charge in [0.15, 0.2) is 0 Å². The molecule has 8 heteroatoms. The fourth-order valence-corrected chi connectivity index (χ4v) is 1.66. The summed E-state index contributed by atoms with van der Waals surface area (Å²) in [5, 5.41) is 16.3. The van der Waals surface area contributed by atoms with E-state index in [-0.39, 0.29) is 23.7 Å². The van der Waals surface area contributed by atoms with Gasteiger partial charge in [-0.05, 0) is 19.1 Å². The number of nitrogens with one attached hydrogen (secondary N) is 2. The van der Waals surface area contributed by atoms with Gasteiger partial charge in [-0.2, -0.15) is 0 Å². The van der Waals surface area contributed by atoms with Crippen molar-refractivity contribution in [3.05, 3.63) is 39.7 Å². The number of nitro groups is 1. The average molecular weight is 299 g/mol. The molecule has 1 rings (SSSR count). The molecule has 2 N–H and O–H groups in total. The van der Waals surface area contributed by atoms with Crippen molar-refractivity contribution in [2.24, 2.45) is 0 Å². The van der Waals surface area contributed by atoms with Crippen molar-refractivity contribution in [3.63, 3.8) is 0 Å². The standard InChI is InChI=1S/C13H18FN3O4/c1-9(13(18)15-5-6-21-2)16-8-10-7-11(14)3-4-12(10)17(19)20/h3-4,7,9,16H,5-6,8H2,1-2H3,(H,15,18). The van der Waals surface area contributed by atoms with E-state index in [1.54, 1.807) is 6.92 Å².